The van der Waals surface area contributed by atoms with Gasteiger partial charge in [0.15, 0.2) is 0 Å². The van der Waals surface area contributed by atoms with Crippen molar-refractivity contribution in [2.45, 2.75) is 13.5 Å². The van der Waals surface area contributed by atoms with Crippen molar-refractivity contribution in [2.24, 2.45) is 0 Å². The maximum atomic E-state index is 6.07. The molecule has 1 aromatic heterocycles. The summed E-state index contributed by atoms with van der Waals surface area (Å²) in [6, 6.07) is 5.41. The third-order valence-electron chi connectivity index (χ3n) is 2.44. The summed E-state index contributed by atoms with van der Waals surface area (Å²) in [5.74, 6) is 0.635. The molecule has 2 N–H and O–H groups in total. The molecule has 0 aliphatic carbocycles. The van der Waals surface area contributed by atoms with Crippen molar-refractivity contribution in [2.75, 3.05) is 5.73 Å². The zero-order valence-corrected chi connectivity index (χ0v) is 10.3. The number of hydrogen-bond acceptors (Lipinski definition) is 2. The average Bonchev–Trinajstić information content (AvgIpc) is 2.55. The van der Waals surface area contributed by atoms with E-state index in [2.05, 4.69) is 5.10 Å². The van der Waals surface area contributed by atoms with Crippen LogP contribution in [-0.4, -0.2) is 9.78 Å². The van der Waals surface area contributed by atoms with E-state index in [1.54, 1.807) is 23.0 Å². The fraction of sp³-hybridized carbons (Fsp3) is 0.182. The molecule has 0 amide bonds. The van der Waals surface area contributed by atoms with Gasteiger partial charge in [-0.2, -0.15) is 5.10 Å². The van der Waals surface area contributed by atoms with Crippen molar-refractivity contribution in [3.05, 3.63) is 45.6 Å². The van der Waals surface area contributed by atoms with Gasteiger partial charge >= 0.3 is 0 Å². The van der Waals surface area contributed by atoms with Crippen LogP contribution in [0.5, 0.6) is 0 Å². The van der Waals surface area contributed by atoms with E-state index in [1.165, 1.54) is 0 Å². The molecule has 0 radical (unpaired) electrons. The van der Waals surface area contributed by atoms with Crippen LogP contribution in [0.4, 0.5) is 5.82 Å². The lowest BCUT2D eigenvalue weighted by molar-refractivity contribution is 0.697. The average molecular weight is 256 g/mol. The number of nitrogens with two attached hydrogens (primary N) is 1. The number of benzene rings is 1. The highest BCUT2D eigenvalue weighted by atomic mass is 35.5. The highest BCUT2D eigenvalue weighted by molar-refractivity contribution is 6.35. The second-order valence-electron chi connectivity index (χ2n) is 3.57. The van der Waals surface area contributed by atoms with Gasteiger partial charge in [0.25, 0.3) is 0 Å². The lowest BCUT2D eigenvalue weighted by Gasteiger charge is -2.08. The second-order valence-corrected chi connectivity index (χ2v) is 4.39. The molecule has 0 aliphatic rings. The fourth-order valence-electron chi connectivity index (χ4n) is 1.45. The molecule has 0 bridgehead atoms. The van der Waals surface area contributed by atoms with E-state index in [-0.39, 0.29) is 0 Å². The first-order chi connectivity index (χ1) is 7.59. The molecule has 5 heteroatoms. The summed E-state index contributed by atoms with van der Waals surface area (Å²) in [6.07, 6.45) is 1.72. The van der Waals surface area contributed by atoms with Gasteiger partial charge in [-0.3, -0.25) is 0 Å². The van der Waals surface area contributed by atoms with Crippen molar-refractivity contribution >= 4 is 29.0 Å². The first-order valence-electron chi connectivity index (χ1n) is 4.80. The summed E-state index contributed by atoms with van der Waals surface area (Å²) in [5, 5.41) is 5.42. The Labute approximate surface area is 104 Å². The zero-order valence-electron chi connectivity index (χ0n) is 8.74. The zero-order chi connectivity index (χ0) is 11.7. The summed E-state index contributed by atoms with van der Waals surface area (Å²) in [5.41, 5.74) is 7.65. The van der Waals surface area contributed by atoms with Crippen LogP contribution in [0.15, 0.2) is 24.4 Å². The van der Waals surface area contributed by atoms with Gasteiger partial charge in [0, 0.05) is 21.2 Å². The molecule has 2 aromatic rings. The Morgan fingerprint density at radius 2 is 1.94 bits per heavy atom. The smallest absolute Gasteiger partial charge is 0.124 e. The van der Waals surface area contributed by atoms with Crippen LogP contribution in [0.25, 0.3) is 0 Å². The van der Waals surface area contributed by atoms with E-state index < -0.39 is 0 Å². The van der Waals surface area contributed by atoms with Gasteiger partial charge in [-0.15, -0.1) is 0 Å². The highest BCUT2D eigenvalue weighted by Gasteiger charge is 2.09. The maximum Gasteiger partial charge on any atom is 0.124 e. The molecule has 0 atom stereocenters. The molecular formula is C11H11Cl2N3. The van der Waals surface area contributed by atoms with Crippen LogP contribution < -0.4 is 5.73 Å². The summed E-state index contributed by atoms with van der Waals surface area (Å²) in [7, 11) is 0. The summed E-state index contributed by atoms with van der Waals surface area (Å²) in [6.45, 7) is 2.39. The second kappa shape index (κ2) is 4.36. The van der Waals surface area contributed by atoms with Crippen LogP contribution in [-0.2, 0) is 6.54 Å². The fourth-order valence-corrected chi connectivity index (χ4v) is 1.96. The van der Waals surface area contributed by atoms with E-state index in [9.17, 15) is 0 Å². The molecule has 3 nitrogen and oxygen atoms in total. The minimum Gasteiger partial charge on any atom is -0.384 e. The first kappa shape index (κ1) is 11.3. The number of hydrogen-bond donors (Lipinski definition) is 1. The number of nitrogens with zero attached hydrogens (tertiary/aromatic N) is 2. The van der Waals surface area contributed by atoms with Crippen molar-refractivity contribution in [3.8, 4) is 0 Å². The molecule has 0 fully saturated rings. The van der Waals surface area contributed by atoms with Gasteiger partial charge in [-0.25, -0.2) is 4.68 Å². The van der Waals surface area contributed by atoms with E-state index in [1.807, 2.05) is 13.0 Å². The molecule has 16 heavy (non-hydrogen) atoms. The number of halogens is 2. The van der Waals surface area contributed by atoms with Gasteiger partial charge < -0.3 is 5.73 Å². The largest absolute Gasteiger partial charge is 0.384 e. The van der Waals surface area contributed by atoms with Gasteiger partial charge in [-0.05, 0) is 19.1 Å². The van der Waals surface area contributed by atoms with E-state index >= 15 is 0 Å². The molecule has 84 valence electrons. The molecule has 0 saturated heterocycles. The topological polar surface area (TPSA) is 43.8 Å². The van der Waals surface area contributed by atoms with Crippen LogP contribution in [0.3, 0.4) is 0 Å². The minimum absolute atomic E-state index is 0.484. The number of rotatable bonds is 2. The van der Waals surface area contributed by atoms with E-state index in [4.69, 9.17) is 28.9 Å². The molecular weight excluding hydrogens is 245 g/mol. The Bertz CT molecular complexity index is 500. The number of aryl methyl sites for hydroxylation is 1. The van der Waals surface area contributed by atoms with E-state index in [0.717, 1.165) is 11.1 Å². The molecule has 1 heterocycles. The van der Waals surface area contributed by atoms with Crippen LogP contribution in [0.1, 0.15) is 11.1 Å². The normalized spacial score (nSPS) is 10.7. The predicted octanol–water partition coefficient (Wildman–Crippen LogP) is 3.13. The number of nitrogen functional groups attached to an aromatic ring is 1. The third-order valence-corrected chi connectivity index (χ3v) is 3.15. The highest BCUT2D eigenvalue weighted by Crippen LogP contribution is 2.25. The van der Waals surface area contributed by atoms with Crippen molar-refractivity contribution < 1.29 is 0 Å². The molecule has 1 aromatic carbocycles. The molecule has 0 aliphatic heterocycles. The number of anilines is 1. The van der Waals surface area contributed by atoms with Gasteiger partial charge in [0.05, 0.1) is 12.7 Å². The van der Waals surface area contributed by atoms with Crippen LogP contribution >= 0.6 is 23.2 Å². The lowest BCUT2D eigenvalue weighted by atomic mass is 10.2. The lowest BCUT2D eigenvalue weighted by Crippen LogP contribution is -2.07. The van der Waals surface area contributed by atoms with Gasteiger partial charge in [-0.1, -0.05) is 29.3 Å². The Balaban J connectivity index is 2.38. The Morgan fingerprint density at radius 3 is 2.44 bits per heavy atom. The molecule has 2 rings (SSSR count). The number of aromatic nitrogens is 2. The Morgan fingerprint density at radius 1 is 1.31 bits per heavy atom. The van der Waals surface area contributed by atoms with Crippen molar-refractivity contribution in [1.82, 2.24) is 9.78 Å². The summed E-state index contributed by atoms with van der Waals surface area (Å²) in [4.78, 5) is 0. The van der Waals surface area contributed by atoms with Gasteiger partial charge in [0.1, 0.15) is 5.82 Å². The van der Waals surface area contributed by atoms with Crippen LogP contribution in [0, 0.1) is 6.92 Å². The monoisotopic (exact) mass is 255 g/mol. The maximum absolute atomic E-state index is 6.07. The first-order valence-corrected chi connectivity index (χ1v) is 5.56. The molecule has 0 saturated carbocycles. The van der Waals surface area contributed by atoms with Crippen molar-refractivity contribution in [1.29, 1.82) is 0 Å². The summed E-state index contributed by atoms with van der Waals surface area (Å²) < 4.78 is 1.68. The predicted molar refractivity (Wildman–Crippen MR) is 66.9 cm³/mol. The quantitative estimate of drug-likeness (QED) is 0.897. The Kier molecular flexibility index (Phi) is 3.08. The third kappa shape index (κ3) is 2.01. The van der Waals surface area contributed by atoms with Crippen LogP contribution in [0.2, 0.25) is 10.0 Å². The minimum atomic E-state index is 0.484. The van der Waals surface area contributed by atoms with E-state index in [0.29, 0.717) is 22.4 Å². The standard InChI is InChI=1S/C11H11Cl2N3/c1-7-5-15-16(11(7)14)6-8-9(12)3-2-4-10(8)13/h2-5H,6,14H2,1H3. The van der Waals surface area contributed by atoms with Crippen molar-refractivity contribution in [3.63, 3.8) is 0 Å². The molecule has 0 spiro atoms. The van der Waals surface area contributed by atoms with Gasteiger partial charge in [0.2, 0.25) is 0 Å². The Hall–Kier alpha value is -1.19. The SMILES string of the molecule is Cc1cnn(Cc2c(Cl)cccc2Cl)c1N. The summed E-state index contributed by atoms with van der Waals surface area (Å²) >= 11 is 12.1. The molecule has 0 unspecified atom stereocenters.